The van der Waals surface area contributed by atoms with Crippen LogP contribution in [-0.4, -0.2) is 44.9 Å². The molecule has 0 spiro atoms. The van der Waals surface area contributed by atoms with E-state index in [1.165, 1.54) is 4.31 Å². The molecule has 1 heterocycles. The Bertz CT molecular complexity index is 1030. The van der Waals surface area contributed by atoms with Crippen LogP contribution in [0.15, 0.2) is 47.4 Å². The summed E-state index contributed by atoms with van der Waals surface area (Å²) in [5.41, 5.74) is 2.32. The monoisotopic (exact) mass is 434 g/mol. The van der Waals surface area contributed by atoms with Gasteiger partial charge < -0.3 is 10.1 Å². The minimum Gasteiger partial charge on any atom is -0.379 e. The van der Waals surface area contributed by atoms with Gasteiger partial charge in [0, 0.05) is 29.7 Å². The second-order valence-corrected chi connectivity index (χ2v) is 9.80. The summed E-state index contributed by atoms with van der Waals surface area (Å²) in [6, 6.07) is 12.4. The number of carbonyl (C=O) groups excluding carboxylic acids is 1. The average Bonchev–Trinajstić information content (AvgIpc) is 3.51. The maximum Gasteiger partial charge on any atom is 0.243 e. The molecule has 4 rings (SSSR count). The van der Waals surface area contributed by atoms with Crippen molar-refractivity contribution >= 4 is 33.2 Å². The van der Waals surface area contributed by atoms with Gasteiger partial charge in [-0.15, -0.1) is 0 Å². The predicted octanol–water partition coefficient (Wildman–Crippen LogP) is 3.41. The van der Waals surface area contributed by atoms with Crippen molar-refractivity contribution in [3.05, 3.63) is 58.6 Å². The minimum absolute atomic E-state index is 0.101. The van der Waals surface area contributed by atoms with Crippen LogP contribution < -0.4 is 5.32 Å². The second kappa shape index (κ2) is 8.07. The fourth-order valence-electron chi connectivity index (χ4n) is 3.66. The molecule has 2 aromatic rings. The number of hydrogen-bond donors (Lipinski definition) is 1. The molecule has 154 valence electrons. The van der Waals surface area contributed by atoms with Gasteiger partial charge >= 0.3 is 0 Å². The molecule has 2 unspecified atom stereocenters. The summed E-state index contributed by atoms with van der Waals surface area (Å²) >= 11 is 6.25. The molecule has 0 bridgehead atoms. The van der Waals surface area contributed by atoms with E-state index in [0.717, 1.165) is 17.5 Å². The number of benzene rings is 2. The summed E-state index contributed by atoms with van der Waals surface area (Å²) in [7, 11) is -3.62. The number of nitrogens with one attached hydrogen (secondary N) is 1. The normalized spacial score (nSPS) is 22.3. The summed E-state index contributed by atoms with van der Waals surface area (Å²) in [6.45, 7) is 3.29. The van der Waals surface area contributed by atoms with Crippen LogP contribution in [0.1, 0.15) is 23.5 Å². The molecule has 1 amide bonds. The van der Waals surface area contributed by atoms with Crippen molar-refractivity contribution in [2.24, 2.45) is 5.92 Å². The molecular formula is C21H23ClN2O4S. The molecular weight excluding hydrogens is 412 g/mol. The molecule has 2 atom stereocenters. The quantitative estimate of drug-likeness (QED) is 0.782. The topological polar surface area (TPSA) is 75.7 Å². The van der Waals surface area contributed by atoms with Gasteiger partial charge in [-0.2, -0.15) is 4.31 Å². The van der Waals surface area contributed by atoms with Crippen LogP contribution in [0.25, 0.3) is 0 Å². The van der Waals surface area contributed by atoms with Gasteiger partial charge in [0.05, 0.1) is 18.1 Å². The number of sulfonamides is 1. The molecule has 0 radical (unpaired) electrons. The third kappa shape index (κ3) is 4.19. The molecule has 1 aliphatic carbocycles. The Morgan fingerprint density at radius 3 is 2.62 bits per heavy atom. The number of morpholine rings is 1. The highest BCUT2D eigenvalue weighted by Crippen LogP contribution is 2.50. The van der Waals surface area contributed by atoms with Crippen LogP contribution >= 0.6 is 11.6 Å². The van der Waals surface area contributed by atoms with Crippen molar-refractivity contribution in [2.75, 3.05) is 31.6 Å². The van der Waals surface area contributed by atoms with Gasteiger partial charge in [-0.05, 0) is 48.6 Å². The average molecular weight is 435 g/mol. The van der Waals surface area contributed by atoms with Crippen LogP contribution in [-0.2, 0) is 19.6 Å². The van der Waals surface area contributed by atoms with E-state index in [9.17, 15) is 13.2 Å². The van der Waals surface area contributed by atoms with Crippen molar-refractivity contribution in [3.63, 3.8) is 0 Å². The lowest BCUT2D eigenvalue weighted by Gasteiger charge is -2.26. The number of anilines is 1. The van der Waals surface area contributed by atoms with Crippen molar-refractivity contribution in [1.29, 1.82) is 0 Å². The Kier molecular flexibility index (Phi) is 5.66. The summed E-state index contributed by atoms with van der Waals surface area (Å²) in [6.07, 6.45) is 0.736. The van der Waals surface area contributed by atoms with Crippen molar-refractivity contribution < 1.29 is 17.9 Å². The van der Waals surface area contributed by atoms with E-state index in [0.29, 0.717) is 37.0 Å². The summed E-state index contributed by atoms with van der Waals surface area (Å²) in [4.78, 5) is 12.9. The van der Waals surface area contributed by atoms with E-state index in [1.807, 2.05) is 31.2 Å². The third-order valence-corrected chi connectivity index (χ3v) is 7.75. The van der Waals surface area contributed by atoms with E-state index in [4.69, 9.17) is 16.3 Å². The maximum absolute atomic E-state index is 12.9. The molecule has 1 saturated heterocycles. The summed E-state index contributed by atoms with van der Waals surface area (Å²) < 4.78 is 32.5. The van der Waals surface area contributed by atoms with Gasteiger partial charge in [0.25, 0.3) is 0 Å². The fourth-order valence-corrected chi connectivity index (χ4v) is 5.37. The van der Waals surface area contributed by atoms with Crippen LogP contribution in [0.4, 0.5) is 5.69 Å². The maximum atomic E-state index is 12.9. The molecule has 2 aliphatic rings. The highest BCUT2D eigenvalue weighted by molar-refractivity contribution is 7.89. The number of halogens is 1. The smallest absolute Gasteiger partial charge is 0.243 e. The van der Waals surface area contributed by atoms with E-state index in [-0.39, 0.29) is 22.6 Å². The Hall–Kier alpha value is -1.93. The first-order valence-corrected chi connectivity index (χ1v) is 11.4. The van der Waals surface area contributed by atoms with Crippen molar-refractivity contribution in [2.45, 2.75) is 24.2 Å². The summed E-state index contributed by atoms with van der Waals surface area (Å²) in [5, 5.41) is 3.59. The molecule has 2 aromatic carbocycles. The Morgan fingerprint density at radius 2 is 1.90 bits per heavy atom. The Balaban J connectivity index is 1.50. The molecule has 8 heteroatoms. The van der Waals surface area contributed by atoms with E-state index in [2.05, 4.69) is 5.32 Å². The molecule has 1 N–H and O–H groups in total. The number of rotatable bonds is 5. The van der Waals surface area contributed by atoms with Gasteiger partial charge in [0.1, 0.15) is 0 Å². The first-order chi connectivity index (χ1) is 13.9. The first kappa shape index (κ1) is 20.3. The minimum atomic E-state index is -3.62. The molecule has 0 aromatic heterocycles. The highest BCUT2D eigenvalue weighted by atomic mass is 35.5. The van der Waals surface area contributed by atoms with Gasteiger partial charge in [-0.1, -0.05) is 35.9 Å². The zero-order chi connectivity index (χ0) is 20.6. The number of hydrogen-bond acceptors (Lipinski definition) is 4. The van der Waals surface area contributed by atoms with Crippen LogP contribution in [0, 0.1) is 12.8 Å². The highest BCUT2D eigenvalue weighted by Gasteiger charge is 2.45. The van der Waals surface area contributed by atoms with Crippen molar-refractivity contribution in [1.82, 2.24) is 4.31 Å². The molecule has 6 nitrogen and oxygen atoms in total. The predicted molar refractivity (Wildman–Crippen MR) is 112 cm³/mol. The SMILES string of the molecule is Cc1ccc(S(=O)(=O)N2CCOCC2)cc1NC(=O)C1CC1c1ccccc1Cl. The molecule has 2 fully saturated rings. The largest absolute Gasteiger partial charge is 0.379 e. The standard InChI is InChI=1S/C21H23ClN2O4S/c1-14-6-7-15(29(26,27)24-8-10-28-11-9-24)12-20(14)23-21(25)18-13-17(18)16-4-2-3-5-19(16)22/h2-7,12,17-18H,8-11,13H2,1H3,(H,23,25). The number of nitrogens with zero attached hydrogens (tertiary/aromatic N) is 1. The van der Waals surface area contributed by atoms with Crippen LogP contribution in [0.3, 0.4) is 0 Å². The number of carbonyl (C=O) groups is 1. The lowest BCUT2D eigenvalue weighted by atomic mass is 10.1. The molecule has 1 saturated carbocycles. The lowest BCUT2D eigenvalue weighted by Crippen LogP contribution is -2.40. The number of amides is 1. The Labute approximate surface area is 175 Å². The van der Waals surface area contributed by atoms with Gasteiger partial charge in [-0.25, -0.2) is 8.42 Å². The number of ether oxygens (including phenoxy) is 1. The second-order valence-electron chi connectivity index (χ2n) is 7.45. The van der Waals surface area contributed by atoms with Crippen LogP contribution in [0.2, 0.25) is 5.02 Å². The molecule has 1 aliphatic heterocycles. The Morgan fingerprint density at radius 1 is 1.17 bits per heavy atom. The van der Waals surface area contributed by atoms with Gasteiger partial charge in [0.2, 0.25) is 15.9 Å². The van der Waals surface area contributed by atoms with E-state index < -0.39 is 10.0 Å². The van der Waals surface area contributed by atoms with Crippen LogP contribution in [0.5, 0.6) is 0 Å². The zero-order valence-electron chi connectivity index (χ0n) is 16.1. The lowest BCUT2D eigenvalue weighted by molar-refractivity contribution is -0.117. The van der Waals surface area contributed by atoms with E-state index >= 15 is 0 Å². The molecule has 29 heavy (non-hydrogen) atoms. The van der Waals surface area contributed by atoms with Crippen molar-refractivity contribution in [3.8, 4) is 0 Å². The van der Waals surface area contributed by atoms with Gasteiger partial charge in [-0.3, -0.25) is 4.79 Å². The van der Waals surface area contributed by atoms with Gasteiger partial charge in [0.15, 0.2) is 0 Å². The number of aryl methyl sites for hydroxylation is 1. The third-order valence-electron chi connectivity index (χ3n) is 5.51. The zero-order valence-corrected chi connectivity index (χ0v) is 17.7. The summed E-state index contributed by atoms with van der Waals surface area (Å²) in [5.74, 6) is -0.169. The van der Waals surface area contributed by atoms with E-state index in [1.54, 1.807) is 18.2 Å². The first-order valence-electron chi connectivity index (χ1n) is 9.62. The fraction of sp³-hybridized carbons (Fsp3) is 0.381.